The Hall–Kier alpha value is -2.07. The molecule has 104 valence electrons. The summed E-state index contributed by atoms with van der Waals surface area (Å²) in [5.41, 5.74) is 7.26. The van der Waals surface area contributed by atoms with Crippen LogP contribution in [-0.2, 0) is 6.54 Å². The van der Waals surface area contributed by atoms with Crippen molar-refractivity contribution in [2.24, 2.45) is 5.73 Å². The molecule has 0 saturated heterocycles. The molecule has 0 bridgehead atoms. The predicted octanol–water partition coefficient (Wildman–Crippen LogP) is 3.50. The van der Waals surface area contributed by atoms with E-state index in [2.05, 4.69) is 5.32 Å². The van der Waals surface area contributed by atoms with Gasteiger partial charge in [0.05, 0.1) is 0 Å². The number of hydrogen-bond donors (Lipinski definition) is 2. The van der Waals surface area contributed by atoms with Gasteiger partial charge in [-0.1, -0.05) is 23.7 Å². The highest BCUT2D eigenvalue weighted by atomic mass is 35.5. The van der Waals surface area contributed by atoms with E-state index in [9.17, 15) is 9.18 Å². The fourth-order valence-electron chi connectivity index (χ4n) is 1.85. The summed E-state index contributed by atoms with van der Waals surface area (Å²) in [6, 6.07) is 10.0. The number of nitrogens with one attached hydrogen (secondary N) is 1. The molecule has 5 heteroatoms. The Kier molecular flexibility index (Phi) is 4.25. The van der Waals surface area contributed by atoms with Gasteiger partial charge in [0, 0.05) is 28.4 Å². The summed E-state index contributed by atoms with van der Waals surface area (Å²) in [6.45, 7) is 2.11. The van der Waals surface area contributed by atoms with E-state index in [0.29, 0.717) is 22.8 Å². The van der Waals surface area contributed by atoms with Gasteiger partial charge in [-0.2, -0.15) is 0 Å². The second kappa shape index (κ2) is 5.92. The number of hydrogen-bond acceptors (Lipinski definition) is 2. The third kappa shape index (κ3) is 3.27. The summed E-state index contributed by atoms with van der Waals surface area (Å²) >= 11 is 5.90. The average molecular weight is 293 g/mol. The van der Waals surface area contributed by atoms with Crippen LogP contribution in [0.4, 0.5) is 10.1 Å². The fourth-order valence-corrected chi connectivity index (χ4v) is 2.06. The Balaban J connectivity index is 2.23. The zero-order chi connectivity index (χ0) is 14.7. The topological polar surface area (TPSA) is 55.1 Å². The smallest absolute Gasteiger partial charge is 0.248 e. The van der Waals surface area contributed by atoms with Crippen LogP contribution in [0.25, 0.3) is 0 Å². The first-order valence-corrected chi connectivity index (χ1v) is 6.43. The second-order valence-corrected chi connectivity index (χ2v) is 4.91. The summed E-state index contributed by atoms with van der Waals surface area (Å²) in [4.78, 5) is 11.1. The maximum absolute atomic E-state index is 13.7. The van der Waals surface area contributed by atoms with Gasteiger partial charge in [-0.05, 0) is 36.8 Å². The van der Waals surface area contributed by atoms with Crippen LogP contribution in [0.1, 0.15) is 21.5 Å². The van der Waals surface area contributed by atoms with E-state index in [1.807, 2.05) is 18.2 Å². The first-order valence-electron chi connectivity index (χ1n) is 6.05. The molecule has 0 unspecified atom stereocenters. The molecule has 1 amide bonds. The van der Waals surface area contributed by atoms with Crippen molar-refractivity contribution in [1.82, 2.24) is 0 Å². The van der Waals surface area contributed by atoms with E-state index in [1.54, 1.807) is 19.1 Å². The molecule has 0 fully saturated rings. The number of benzene rings is 2. The number of halogens is 2. The summed E-state index contributed by atoms with van der Waals surface area (Å²) in [7, 11) is 0. The fraction of sp³-hybridized carbons (Fsp3) is 0.133. The number of primary amides is 1. The lowest BCUT2D eigenvalue weighted by molar-refractivity contribution is 0.1000. The average Bonchev–Trinajstić information content (AvgIpc) is 2.40. The van der Waals surface area contributed by atoms with E-state index in [0.717, 1.165) is 11.6 Å². The van der Waals surface area contributed by atoms with Gasteiger partial charge in [0.25, 0.3) is 0 Å². The molecule has 0 aliphatic rings. The molecule has 2 rings (SSSR count). The van der Waals surface area contributed by atoms with Crippen LogP contribution in [0, 0.1) is 12.7 Å². The first-order chi connectivity index (χ1) is 9.47. The van der Waals surface area contributed by atoms with Crippen molar-refractivity contribution in [3.05, 3.63) is 63.9 Å². The quantitative estimate of drug-likeness (QED) is 0.906. The van der Waals surface area contributed by atoms with Crippen LogP contribution < -0.4 is 11.1 Å². The molecule has 0 aliphatic carbocycles. The number of carbonyl (C=O) groups is 1. The zero-order valence-electron chi connectivity index (χ0n) is 10.9. The Labute approximate surface area is 121 Å². The molecule has 0 spiro atoms. The van der Waals surface area contributed by atoms with Crippen molar-refractivity contribution in [1.29, 1.82) is 0 Å². The first kappa shape index (κ1) is 14.3. The Morgan fingerprint density at radius 2 is 2.10 bits per heavy atom. The number of carbonyl (C=O) groups excluding carboxylic acids is 1. The van der Waals surface area contributed by atoms with E-state index < -0.39 is 11.7 Å². The summed E-state index contributed by atoms with van der Waals surface area (Å²) in [6.07, 6.45) is 0. The van der Waals surface area contributed by atoms with Crippen molar-refractivity contribution >= 4 is 23.2 Å². The molecule has 2 aromatic carbocycles. The second-order valence-electron chi connectivity index (χ2n) is 4.48. The molecule has 0 aromatic heterocycles. The molecule has 3 nitrogen and oxygen atoms in total. The molecular formula is C15H14ClFN2O. The molecule has 2 aromatic rings. The molecule has 0 radical (unpaired) electrons. The minimum absolute atomic E-state index is 0.140. The van der Waals surface area contributed by atoms with Gasteiger partial charge in [-0.25, -0.2) is 4.39 Å². The van der Waals surface area contributed by atoms with Gasteiger partial charge >= 0.3 is 0 Å². The van der Waals surface area contributed by atoms with E-state index in [-0.39, 0.29) is 5.56 Å². The normalized spacial score (nSPS) is 10.3. The predicted molar refractivity (Wildman–Crippen MR) is 78.4 cm³/mol. The third-order valence-electron chi connectivity index (χ3n) is 3.00. The van der Waals surface area contributed by atoms with Gasteiger partial charge in [0.15, 0.2) is 0 Å². The zero-order valence-corrected chi connectivity index (χ0v) is 11.7. The molecular weight excluding hydrogens is 279 g/mol. The molecule has 0 heterocycles. The van der Waals surface area contributed by atoms with E-state index in [4.69, 9.17) is 17.3 Å². The minimum Gasteiger partial charge on any atom is -0.381 e. The minimum atomic E-state index is -0.658. The molecule has 20 heavy (non-hydrogen) atoms. The van der Waals surface area contributed by atoms with Crippen LogP contribution in [0.3, 0.4) is 0 Å². The van der Waals surface area contributed by atoms with Gasteiger partial charge in [-0.3, -0.25) is 4.79 Å². The van der Waals surface area contributed by atoms with Gasteiger partial charge in [0.2, 0.25) is 5.91 Å². The lowest BCUT2D eigenvalue weighted by Gasteiger charge is -2.12. The summed E-state index contributed by atoms with van der Waals surface area (Å²) < 4.78 is 13.7. The number of amides is 1. The van der Waals surface area contributed by atoms with Crippen molar-refractivity contribution < 1.29 is 9.18 Å². The van der Waals surface area contributed by atoms with Crippen LogP contribution in [0.15, 0.2) is 36.4 Å². The SMILES string of the molecule is Cc1c(F)cc(C(N)=O)cc1NCc1cccc(Cl)c1. The van der Waals surface area contributed by atoms with Crippen molar-refractivity contribution in [3.63, 3.8) is 0 Å². The lowest BCUT2D eigenvalue weighted by atomic mass is 10.1. The van der Waals surface area contributed by atoms with Gasteiger partial charge in [-0.15, -0.1) is 0 Å². The molecule has 0 aliphatic heterocycles. The molecule has 3 N–H and O–H groups in total. The van der Waals surface area contributed by atoms with Crippen LogP contribution >= 0.6 is 11.6 Å². The molecule has 0 atom stereocenters. The largest absolute Gasteiger partial charge is 0.381 e. The maximum atomic E-state index is 13.7. The van der Waals surface area contributed by atoms with Crippen molar-refractivity contribution in [3.8, 4) is 0 Å². The number of rotatable bonds is 4. The highest BCUT2D eigenvalue weighted by Gasteiger charge is 2.10. The monoisotopic (exact) mass is 292 g/mol. The van der Waals surface area contributed by atoms with Gasteiger partial charge in [0.1, 0.15) is 5.82 Å². The Morgan fingerprint density at radius 1 is 1.35 bits per heavy atom. The number of anilines is 1. The summed E-state index contributed by atoms with van der Waals surface area (Å²) in [5, 5.41) is 3.72. The molecule has 0 saturated carbocycles. The third-order valence-corrected chi connectivity index (χ3v) is 3.24. The van der Waals surface area contributed by atoms with E-state index in [1.165, 1.54) is 0 Å². The van der Waals surface area contributed by atoms with Crippen LogP contribution in [0.5, 0.6) is 0 Å². The number of nitrogens with two attached hydrogens (primary N) is 1. The van der Waals surface area contributed by atoms with Crippen LogP contribution in [-0.4, -0.2) is 5.91 Å². The Morgan fingerprint density at radius 3 is 2.75 bits per heavy atom. The highest BCUT2D eigenvalue weighted by molar-refractivity contribution is 6.30. The van der Waals surface area contributed by atoms with Crippen molar-refractivity contribution in [2.45, 2.75) is 13.5 Å². The van der Waals surface area contributed by atoms with Crippen LogP contribution in [0.2, 0.25) is 5.02 Å². The lowest BCUT2D eigenvalue weighted by Crippen LogP contribution is -2.13. The summed E-state index contributed by atoms with van der Waals surface area (Å²) in [5.74, 6) is -1.12. The Bertz CT molecular complexity index is 658. The maximum Gasteiger partial charge on any atom is 0.248 e. The highest BCUT2D eigenvalue weighted by Crippen LogP contribution is 2.21. The standard InChI is InChI=1S/C15H14ClFN2O/c1-9-13(17)6-11(15(18)20)7-14(9)19-8-10-3-2-4-12(16)5-10/h2-7,19H,8H2,1H3,(H2,18,20). The van der Waals surface area contributed by atoms with Crippen molar-refractivity contribution in [2.75, 3.05) is 5.32 Å². The van der Waals surface area contributed by atoms with Gasteiger partial charge < -0.3 is 11.1 Å². The van der Waals surface area contributed by atoms with E-state index >= 15 is 0 Å².